The van der Waals surface area contributed by atoms with Gasteiger partial charge in [-0.1, -0.05) is 12.7 Å². The molecule has 1 aliphatic rings. The summed E-state index contributed by atoms with van der Waals surface area (Å²) in [5.41, 5.74) is 1.74. The lowest BCUT2D eigenvalue weighted by Crippen LogP contribution is -2.20. The SMILES string of the molecule is C=Cc1ccc(N2N=C(C)CC2=O)nc1. The van der Waals surface area contributed by atoms with Crippen LogP contribution >= 0.6 is 0 Å². The second kappa shape index (κ2) is 3.65. The number of nitrogens with zero attached hydrogens (tertiary/aromatic N) is 3. The quantitative estimate of drug-likeness (QED) is 0.732. The van der Waals surface area contributed by atoms with E-state index in [1.165, 1.54) is 5.01 Å². The Morgan fingerprint density at radius 3 is 2.80 bits per heavy atom. The predicted octanol–water partition coefficient (Wildman–Crippen LogP) is 1.84. The van der Waals surface area contributed by atoms with Crippen LogP contribution in [-0.2, 0) is 4.79 Å². The minimum atomic E-state index is -0.0358. The van der Waals surface area contributed by atoms with Gasteiger partial charge in [0.2, 0.25) is 0 Å². The Labute approximate surface area is 87.9 Å². The van der Waals surface area contributed by atoms with Gasteiger partial charge in [-0.3, -0.25) is 4.79 Å². The second-order valence-corrected chi connectivity index (χ2v) is 3.37. The fraction of sp³-hybridized carbons (Fsp3) is 0.182. The summed E-state index contributed by atoms with van der Waals surface area (Å²) in [5.74, 6) is 0.522. The summed E-state index contributed by atoms with van der Waals surface area (Å²) >= 11 is 0. The van der Waals surface area contributed by atoms with Gasteiger partial charge >= 0.3 is 0 Å². The Balaban J connectivity index is 2.30. The number of hydrogen-bond donors (Lipinski definition) is 0. The lowest BCUT2D eigenvalue weighted by molar-refractivity contribution is -0.116. The van der Waals surface area contributed by atoms with E-state index in [1.54, 1.807) is 18.3 Å². The standard InChI is InChI=1S/C11H11N3O/c1-3-9-4-5-10(12-7-9)14-11(15)6-8(2)13-14/h3-5,7H,1,6H2,2H3. The van der Waals surface area contributed by atoms with Crippen molar-refractivity contribution < 1.29 is 4.79 Å². The molecule has 0 radical (unpaired) electrons. The average molecular weight is 201 g/mol. The first-order valence-corrected chi connectivity index (χ1v) is 4.66. The van der Waals surface area contributed by atoms with Crippen molar-refractivity contribution in [2.75, 3.05) is 5.01 Å². The highest BCUT2D eigenvalue weighted by Gasteiger charge is 2.23. The molecular formula is C11H11N3O. The summed E-state index contributed by atoms with van der Waals surface area (Å²) in [6.07, 6.45) is 3.75. The molecule has 15 heavy (non-hydrogen) atoms. The van der Waals surface area contributed by atoms with E-state index < -0.39 is 0 Å². The van der Waals surface area contributed by atoms with Crippen molar-refractivity contribution in [3.05, 3.63) is 30.5 Å². The van der Waals surface area contributed by atoms with Gasteiger partial charge in [0.15, 0.2) is 5.82 Å². The van der Waals surface area contributed by atoms with Gasteiger partial charge in [0.1, 0.15) is 0 Å². The number of hydrazone groups is 1. The van der Waals surface area contributed by atoms with Crippen molar-refractivity contribution in [1.82, 2.24) is 4.98 Å². The predicted molar refractivity (Wildman–Crippen MR) is 59.5 cm³/mol. The number of carbonyl (C=O) groups excluding carboxylic acids is 1. The Bertz CT molecular complexity index is 434. The molecule has 0 N–H and O–H groups in total. The molecule has 1 aromatic heterocycles. The summed E-state index contributed by atoms with van der Waals surface area (Å²) < 4.78 is 0. The van der Waals surface area contributed by atoms with Gasteiger partial charge < -0.3 is 0 Å². The molecule has 1 aromatic rings. The number of anilines is 1. The molecule has 2 rings (SSSR count). The minimum Gasteiger partial charge on any atom is -0.272 e. The first kappa shape index (κ1) is 9.58. The fourth-order valence-corrected chi connectivity index (χ4v) is 1.38. The lowest BCUT2D eigenvalue weighted by Gasteiger charge is -2.09. The largest absolute Gasteiger partial charge is 0.272 e. The van der Waals surface area contributed by atoms with Crippen molar-refractivity contribution >= 4 is 23.5 Å². The van der Waals surface area contributed by atoms with Crippen LogP contribution < -0.4 is 5.01 Å². The normalized spacial score (nSPS) is 15.4. The zero-order chi connectivity index (χ0) is 10.8. The third kappa shape index (κ3) is 1.79. The van der Waals surface area contributed by atoms with Crippen LogP contribution in [0.5, 0.6) is 0 Å². The molecule has 1 aliphatic heterocycles. The van der Waals surface area contributed by atoms with Crippen molar-refractivity contribution in [3.8, 4) is 0 Å². The van der Waals surface area contributed by atoms with Crippen LogP contribution in [-0.4, -0.2) is 16.6 Å². The van der Waals surface area contributed by atoms with Crippen LogP contribution in [0.2, 0.25) is 0 Å². The summed E-state index contributed by atoms with van der Waals surface area (Å²) in [4.78, 5) is 15.6. The highest BCUT2D eigenvalue weighted by Crippen LogP contribution is 2.18. The van der Waals surface area contributed by atoms with E-state index in [1.807, 2.05) is 13.0 Å². The highest BCUT2D eigenvalue weighted by molar-refractivity contribution is 6.11. The number of carbonyl (C=O) groups is 1. The molecule has 4 heteroatoms. The van der Waals surface area contributed by atoms with E-state index in [0.29, 0.717) is 12.2 Å². The number of pyridine rings is 1. The van der Waals surface area contributed by atoms with Crippen LogP contribution in [0, 0.1) is 0 Å². The molecule has 0 unspecified atom stereocenters. The van der Waals surface area contributed by atoms with Crippen LogP contribution in [0.15, 0.2) is 30.0 Å². The summed E-state index contributed by atoms with van der Waals surface area (Å²) in [7, 11) is 0. The van der Waals surface area contributed by atoms with Gasteiger partial charge in [-0.25, -0.2) is 4.98 Å². The Morgan fingerprint density at radius 2 is 2.33 bits per heavy atom. The summed E-state index contributed by atoms with van der Waals surface area (Å²) in [5, 5.41) is 5.44. The number of amides is 1. The van der Waals surface area contributed by atoms with E-state index in [-0.39, 0.29) is 5.91 Å². The Hall–Kier alpha value is -1.97. The highest BCUT2D eigenvalue weighted by atomic mass is 16.2. The number of rotatable bonds is 2. The number of aromatic nitrogens is 1. The molecular weight excluding hydrogens is 190 g/mol. The van der Waals surface area contributed by atoms with E-state index >= 15 is 0 Å². The fourth-order valence-electron chi connectivity index (χ4n) is 1.38. The molecule has 0 saturated heterocycles. The monoisotopic (exact) mass is 201 g/mol. The molecule has 76 valence electrons. The van der Waals surface area contributed by atoms with Gasteiger partial charge in [0.25, 0.3) is 5.91 Å². The number of hydrogen-bond acceptors (Lipinski definition) is 3. The maximum Gasteiger partial charge on any atom is 0.254 e. The van der Waals surface area contributed by atoms with E-state index in [2.05, 4.69) is 16.7 Å². The first-order chi connectivity index (χ1) is 7.20. The average Bonchev–Trinajstić information content (AvgIpc) is 2.58. The zero-order valence-electron chi connectivity index (χ0n) is 8.47. The van der Waals surface area contributed by atoms with Gasteiger partial charge in [0.05, 0.1) is 6.42 Å². The minimum absolute atomic E-state index is 0.0358. The molecule has 2 heterocycles. The van der Waals surface area contributed by atoms with Crippen molar-refractivity contribution in [2.24, 2.45) is 5.10 Å². The third-order valence-electron chi connectivity index (χ3n) is 2.14. The van der Waals surface area contributed by atoms with Crippen LogP contribution in [0.4, 0.5) is 5.82 Å². The van der Waals surface area contributed by atoms with E-state index in [4.69, 9.17) is 0 Å². The van der Waals surface area contributed by atoms with Crippen molar-refractivity contribution in [1.29, 1.82) is 0 Å². The van der Waals surface area contributed by atoms with Crippen LogP contribution in [0.3, 0.4) is 0 Å². The second-order valence-electron chi connectivity index (χ2n) is 3.37. The molecule has 0 saturated carbocycles. The first-order valence-electron chi connectivity index (χ1n) is 4.66. The maximum absolute atomic E-state index is 11.5. The Morgan fingerprint density at radius 1 is 1.53 bits per heavy atom. The maximum atomic E-state index is 11.5. The summed E-state index contributed by atoms with van der Waals surface area (Å²) in [6.45, 7) is 5.47. The van der Waals surface area contributed by atoms with Gasteiger partial charge in [0, 0.05) is 11.9 Å². The van der Waals surface area contributed by atoms with Crippen molar-refractivity contribution in [3.63, 3.8) is 0 Å². The molecule has 0 atom stereocenters. The van der Waals surface area contributed by atoms with Gasteiger partial charge in [-0.2, -0.15) is 10.1 Å². The smallest absolute Gasteiger partial charge is 0.254 e. The third-order valence-corrected chi connectivity index (χ3v) is 2.14. The lowest BCUT2D eigenvalue weighted by atomic mass is 10.3. The van der Waals surface area contributed by atoms with Crippen molar-refractivity contribution in [2.45, 2.75) is 13.3 Å². The van der Waals surface area contributed by atoms with Gasteiger partial charge in [-0.15, -0.1) is 0 Å². The molecule has 0 bridgehead atoms. The van der Waals surface area contributed by atoms with E-state index in [0.717, 1.165) is 11.3 Å². The molecule has 4 nitrogen and oxygen atoms in total. The molecule has 0 spiro atoms. The molecule has 0 aromatic carbocycles. The molecule has 0 aliphatic carbocycles. The topological polar surface area (TPSA) is 45.6 Å². The zero-order valence-corrected chi connectivity index (χ0v) is 8.47. The van der Waals surface area contributed by atoms with Crippen LogP contribution in [0.25, 0.3) is 6.08 Å². The van der Waals surface area contributed by atoms with Gasteiger partial charge in [-0.05, 0) is 24.6 Å². The summed E-state index contributed by atoms with van der Waals surface area (Å²) in [6, 6.07) is 3.61. The van der Waals surface area contributed by atoms with Crippen LogP contribution in [0.1, 0.15) is 18.9 Å². The molecule has 1 amide bonds. The molecule has 0 fully saturated rings. The van der Waals surface area contributed by atoms with E-state index in [9.17, 15) is 4.79 Å². The Kier molecular flexibility index (Phi) is 2.33.